The molecule has 20 heavy (non-hydrogen) atoms. The molecule has 0 spiro atoms. The van der Waals surface area contributed by atoms with E-state index in [1.165, 1.54) is 18.2 Å². The predicted octanol–water partition coefficient (Wildman–Crippen LogP) is 1.65. The fourth-order valence-corrected chi connectivity index (χ4v) is 2.63. The average molecular weight is 343 g/mol. The normalized spacial score (nSPS) is 18.8. The largest absolute Gasteiger partial charge is 0.457 e. The smallest absolute Gasteiger partial charge is 0.259 e. The van der Waals surface area contributed by atoms with Crippen LogP contribution in [0, 0.1) is 0 Å². The molecule has 0 saturated carbocycles. The quantitative estimate of drug-likeness (QED) is 0.780. The van der Waals surface area contributed by atoms with Gasteiger partial charge in [0.15, 0.2) is 4.67 Å². The Kier molecular flexibility index (Phi) is 4.27. The second-order valence-electron chi connectivity index (χ2n) is 4.62. The van der Waals surface area contributed by atoms with Crippen LogP contribution in [-0.4, -0.2) is 47.2 Å². The summed E-state index contributed by atoms with van der Waals surface area (Å²) in [7, 11) is 1.44. The summed E-state index contributed by atoms with van der Waals surface area (Å²) in [6.07, 6.45) is 2.13. The lowest BCUT2D eigenvalue weighted by Gasteiger charge is -2.26. The molecule has 7 heteroatoms. The summed E-state index contributed by atoms with van der Waals surface area (Å²) < 4.78 is 5.38. The Morgan fingerprint density at radius 1 is 1.55 bits per heavy atom. The molecule has 0 N–H and O–H groups in total. The van der Waals surface area contributed by atoms with Crippen molar-refractivity contribution in [1.29, 1.82) is 0 Å². The number of carbonyl (C=O) groups excluding carboxylic acids is 3. The van der Waals surface area contributed by atoms with Crippen LogP contribution in [0.25, 0.3) is 0 Å². The summed E-state index contributed by atoms with van der Waals surface area (Å²) in [5.74, 6) is -0.912. The van der Waals surface area contributed by atoms with Crippen LogP contribution in [0.5, 0.6) is 0 Å². The highest BCUT2D eigenvalue weighted by Crippen LogP contribution is 2.24. The van der Waals surface area contributed by atoms with Crippen molar-refractivity contribution >= 4 is 33.7 Å². The maximum Gasteiger partial charge on any atom is 0.259 e. The monoisotopic (exact) mass is 342 g/mol. The zero-order valence-electron chi connectivity index (χ0n) is 11.3. The molecular weight excluding hydrogens is 328 g/mol. The predicted molar refractivity (Wildman–Crippen MR) is 73.9 cm³/mol. The molecule has 1 aliphatic rings. The van der Waals surface area contributed by atoms with Gasteiger partial charge in [0.2, 0.25) is 5.91 Å². The van der Waals surface area contributed by atoms with Crippen LogP contribution in [0.15, 0.2) is 21.4 Å². The van der Waals surface area contributed by atoms with Crippen molar-refractivity contribution in [3.05, 3.63) is 22.6 Å². The lowest BCUT2D eigenvalue weighted by atomic mass is 10.1. The number of amides is 3. The van der Waals surface area contributed by atoms with Crippen molar-refractivity contribution in [1.82, 2.24) is 9.80 Å². The van der Waals surface area contributed by atoms with Crippen molar-refractivity contribution in [3.8, 4) is 0 Å². The van der Waals surface area contributed by atoms with Crippen LogP contribution in [0.1, 0.15) is 30.1 Å². The second kappa shape index (κ2) is 5.78. The fraction of sp³-hybridized carbons (Fsp3) is 0.462. The van der Waals surface area contributed by atoms with E-state index in [1.807, 2.05) is 6.92 Å². The van der Waals surface area contributed by atoms with Gasteiger partial charge in [-0.05, 0) is 28.4 Å². The Bertz CT molecular complexity index is 554. The van der Waals surface area contributed by atoms with Gasteiger partial charge in [-0.2, -0.15) is 0 Å². The van der Waals surface area contributed by atoms with E-state index in [2.05, 4.69) is 15.9 Å². The summed E-state index contributed by atoms with van der Waals surface area (Å²) in [6.45, 7) is 2.32. The van der Waals surface area contributed by atoms with Gasteiger partial charge in [-0.3, -0.25) is 19.3 Å². The molecule has 3 amide bonds. The van der Waals surface area contributed by atoms with Crippen LogP contribution in [0.2, 0.25) is 0 Å². The standard InChI is InChI=1S/C13H15BrN2O4/c1-3-5-16(9-7-10(17)15(2)13(9)19)12(18)8-4-6-20-11(8)14/h4,6,9H,3,5,7H2,1-2H3. The lowest BCUT2D eigenvalue weighted by molar-refractivity contribution is -0.137. The first-order valence-electron chi connectivity index (χ1n) is 6.31. The third-order valence-electron chi connectivity index (χ3n) is 3.31. The maximum absolute atomic E-state index is 12.5. The molecule has 1 aliphatic heterocycles. The molecule has 0 bridgehead atoms. The van der Waals surface area contributed by atoms with Crippen LogP contribution < -0.4 is 0 Å². The summed E-state index contributed by atoms with van der Waals surface area (Å²) >= 11 is 3.16. The molecule has 1 saturated heterocycles. The zero-order valence-corrected chi connectivity index (χ0v) is 12.8. The Morgan fingerprint density at radius 3 is 2.70 bits per heavy atom. The third-order valence-corrected chi connectivity index (χ3v) is 3.92. The van der Waals surface area contributed by atoms with Gasteiger partial charge in [-0.15, -0.1) is 0 Å². The highest BCUT2D eigenvalue weighted by atomic mass is 79.9. The number of likely N-dealkylation sites (tertiary alicyclic amines) is 1. The first-order valence-corrected chi connectivity index (χ1v) is 7.11. The zero-order chi connectivity index (χ0) is 14.9. The summed E-state index contributed by atoms with van der Waals surface area (Å²) in [4.78, 5) is 38.7. The SMILES string of the molecule is CCCN(C(=O)c1ccoc1Br)C1CC(=O)N(C)C1=O. The molecule has 108 valence electrons. The minimum Gasteiger partial charge on any atom is -0.457 e. The number of hydrogen-bond donors (Lipinski definition) is 0. The van der Waals surface area contributed by atoms with E-state index in [4.69, 9.17) is 4.42 Å². The second-order valence-corrected chi connectivity index (χ2v) is 5.34. The first kappa shape index (κ1) is 14.8. The van der Waals surface area contributed by atoms with Crippen LogP contribution in [0.4, 0.5) is 0 Å². The van der Waals surface area contributed by atoms with Gasteiger partial charge in [0.25, 0.3) is 11.8 Å². The van der Waals surface area contributed by atoms with E-state index in [1.54, 1.807) is 6.07 Å². The number of hydrogen-bond acceptors (Lipinski definition) is 4. The Hall–Kier alpha value is -1.63. The number of rotatable bonds is 4. The summed E-state index contributed by atoms with van der Waals surface area (Å²) in [6, 6.07) is 0.821. The van der Waals surface area contributed by atoms with Crippen molar-refractivity contribution in [2.45, 2.75) is 25.8 Å². The van der Waals surface area contributed by atoms with Gasteiger partial charge in [0.05, 0.1) is 18.2 Å². The molecule has 0 aliphatic carbocycles. The first-order chi connectivity index (χ1) is 9.47. The number of imide groups is 1. The summed E-state index contributed by atoms with van der Waals surface area (Å²) in [5, 5.41) is 0. The average Bonchev–Trinajstić information content (AvgIpc) is 2.95. The molecule has 6 nitrogen and oxygen atoms in total. The van der Waals surface area contributed by atoms with Crippen molar-refractivity contribution in [3.63, 3.8) is 0 Å². The van der Waals surface area contributed by atoms with Crippen LogP contribution in [-0.2, 0) is 9.59 Å². The minimum atomic E-state index is -0.721. The van der Waals surface area contributed by atoms with Crippen LogP contribution in [0.3, 0.4) is 0 Å². The van der Waals surface area contributed by atoms with Crippen LogP contribution >= 0.6 is 15.9 Å². The number of nitrogens with zero attached hydrogens (tertiary/aromatic N) is 2. The molecule has 0 radical (unpaired) electrons. The van der Waals surface area contributed by atoms with Gasteiger partial charge in [-0.1, -0.05) is 6.92 Å². The molecule has 2 heterocycles. The molecule has 0 aromatic carbocycles. The highest BCUT2D eigenvalue weighted by Gasteiger charge is 2.42. The van der Waals surface area contributed by atoms with Crippen molar-refractivity contribution < 1.29 is 18.8 Å². The minimum absolute atomic E-state index is 0.0382. The molecule has 1 atom stereocenters. The van der Waals surface area contributed by atoms with E-state index >= 15 is 0 Å². The molecular formula is C13H15BrN2O4. The van der Waals surface area contributed by atoms with E-state index in [9.17, 15) is 14.4 Å². The van der Waals surface area contributed by atoms with Gasteiger partial charge >= 0.3 is 0 Å². The van der Waals surface area contributed by atoms with Gasteiger partial charge in [0.1, 0.15) is 6.04 Å². The number of furan rings is 1. The lowest BCUT2D eigenvalue weighted by Crippen LogP contribution is -2.45. The Labute approximate surface area is 124 Å². The van der Waals surface area contributed by atoms with E-state index in [0.29, 0.717) is 23.2 Å². The van der Waals surface area contributed by atoms with Gasteiger partial charge < -0.3 is 9.32 Å². The number of halogens is 1. The highest BCUT2D eigenvalue weighted by molar-refractivity contribution is 9.10. The van der Waals surface area contributed by atoms with Crippen molar-refractivity contribution in [2.75, 3.05) is 13.6 Å². The Morgan fingerprint density at radius 2 is 2.25 bits per heavy atom. The third kappa shape index (κ3) is 2.49. The number of likely N-dealkylation sites (N-methyl/N-ethyl adjacent to an activating group) is 1. The molecule has 1 fully saturated rings. The van der Waals surface area contributed by atoms with Gasteiger partial charge in [0, 0.05) is 13.6 Å². The van der Waals surface area contributed by atoms with E-state index < -0.39 is 6.04 Å². The van der Waals surface area contributed by atoms with Crippen molar-refractivity contribution in [2.24, 2.45) is 0 Å². The molecule has 1 unspecified atom stereocenters. The van der Waals surface area contributed by atoms with Gasteiger partial charge in [-0.25, -0.2) is 0 Å². The molecule has 1 aromatic heterocycles. The number of carbonyl (C=O) groups is 3. The molecule has 2 rings (SSSR count). The molecule has 1 aromatic rings. The maximum atomic E-state index is 12.5. The fourth-order valence-electron chi connectivity index (χ4n) is 2.22. The summed E-state index contributed by atoms with van der Waals surface area (Å²) in [5.41, 5.74) is 0.355. The van der Waals surface area contributed by atoms with E-state index in [-0.39, 0.29) is 24.1 Å². The topological polar surface area (TPSA) is 70.8 Å². The van der Waals surface area contributed by atoms with E-state index in [0.717, 1.165) is 4.90 Å². The Balaban J connectivity index is 2.28.